The number of hydrogen-bond donors (Lipinski definition) is 3. The van der Waals surface area contributed by atoms with E-state index in [1.54, 1.807) is 5.48 Å². The minimum absolute atomic E-state index is 0.115. The lowest BCUT2D eigenvalue weighted by Crippen LogP contribution is -2.28. The monoisotopic (exact) mass is 129 g/mol. The molecule has 0 saturated heterocycles. The first-order valence-corrected chi connectivity index (χ1v) is 2.97. The van der Waals surface area contributed by atoms with Crippen LogP contribution in [0.25, 0.3) is 0 Å². The summed E-state index contributed by atoms with van der Waals surface area (Å²) in [7, 11) is 0. The van der Waals surface area contributed by atoms with Gasteiger partial charge in [-0.2, -0.15) is 0 Å². The number of nitrogens with two attached hydrogens (primary N) is 1. The van der Waals surface area contributed by atoms with Crippen molar-refractivity contribution in [3.05, 3.63) is 0 Å². The lowest BCUT2D eigenvalue weighted by atomic mass is 10.5. The molecule has 4 heteroatoms. The number of aliphatic imine (C=N–C) groups is 1. The lowest BCUT2D eigenvalue weighted by molar-refractivity contribution is 0.232. The third kappa shape index (κ3) is 1.57. The van der Waals surface area contributed by atoms with Crippen molar-refractivity contribution < 1.29 is 5.21 Å². The highest BCUT2D eigenvalue weighted by molar-refractivity contribution is 5.76. The Morgan fingerprint density at radius 2 is 2.44 bits per heavy atom. The smallest absolute Gasteiger partial charge is 0.213 e. The van der Waals surface area contributed by atoms with Crippen LogP contribution < -0.4 is 11.2 Å². The van der Waals surface area contributed by atoms with Crippen LogP contribution in [0.1, 0.15) is 13.3 Å². The van der Waals surface area contributed by atoms with E-state index < -0.39 is 0 Å². The van der Waals surface area contributed by atoms with Crippen LogP contribution in [0.2, 0.25) is 0 Å². The molecule has 1 aliphatic carbocycles. The highest BCUT2D eigenvalue weighted by Crippen LogP contribution is 2.32. The molecule has 52 valence electrons. The Balaban J connectivity index is 2.31. The molecule has 4 nitrogen and oxygen atoms in total. The molecule has 2 unspecified atom stereocenters. The lowest BCUT2D eigenvalue weighted by Gasteiger charge is -1.93. The molecule has 0 bridgehead atoms. The summed E-state index contributed by atoms with van der Waals surface area (Å²) >= 11 is 0. The fraction of sp³-hybridized carbons (Fsp3) is 0.800. The maximum atomic E-state index is 8.19. The van der Waals surface area contributed by atoms with E-state index in [0.29, 0.717) is 12.0 Å². The minimum Gasteiger partial charge on any atom is -0.368 e. The fourth-order valence-electron chi connectivity index (χ4n) is 0.690. The molecule has 0 aliphatic heterocycles. The maximum absolute atomic E-state index is 8.19. The van der Waals surface area contributed by atoms with E-state index in [9.17, 15) is 0 Å². The van der Waals surface area contributed by atoms with Crippen LogP contribution in [0.4, 0.5) is 0 Å². The average Bonchev–Trinajstić information content (AvgIpc) is 2.47. The third-order valence-corrected chi connectivity index (χ3v) is 1.49. The van der Waals surface area contributed by atoms with Crippen molar-refractivity contribution in [2.75, 3.05) is 0 Å². The second kappa shape index (κ2) is 2.23. The van der Waals surface area contributed by atoms with Gasteiger partial charge in [-0.25, -0.2) is 10.5 Å². The van der Waals surface area contributed by atoms with Crippen LogP contribution >= 0.6 is 0 Å². The fourth-order valence-corrected chi connectivity index (χ4v) is 0.690. The van der Waals surface area contributed by atoms with Gasteiger partial charge in [-0.15, -0.1) is 0 Å². The topological polar surface area (TPSA) is 70.6 Å². The predicted octanol–water partition coefficient (Wildman–Crippen LogP) is -0.312. The van der Waals surface area contributed by atoms with Crippen LogP contribution in [0.3, 0.4) is 0 Å². The standard InChI is InChI=1S/C5H11N3O/c1-3-2-4(3)7-5(6)8-9/h3-4,9H,2H2,1H3,(H3,6,7,8). The SMILES string of the molecule is CC1CC1N=C(N)NO. The van der Waals surface area contributed by atoms with Gasteiger partial charge in [0, 0.05) is 0 Å². The summed E-state index contributed by atoms with van der Waals surface area (Å²) in [6.45, 7) is 2.10. The van der Waals surface area contributed by atoms with Crippen molar-refractivity contribution in [1.29, 1.82) is 0 Å². The second-order valence-electron chi connectivity index (χ2n) is 2.41. The predicted molar refractivity (Wildman–Crippen MR) is 34.1 cm³/mol. The first-order chi connectivity index (χ1) is 4.24. The maximum Gasteiger partial charge on any atom is 0.213 e. The van der Waals surface area contributed by atoms with E-state index in [2.05, 4.69) is 11.9 Å². The van der Waals surface area contributed by atoms with Crippen molar-refractivity contribution in [1.82, 2.24) is 5.48 Å². The summed E-state index contributed by atoms with van der Waals surface area (Å²) < 4.78 is 0. The Morgan fingerprint density at radius 3 is 2.78 bits per heavy atom. The first kappa shape index (κ1) is 6.35. The summed E-state index contributed by atoms with van der Waals surface area (Å²) in [5, 5.41) is 8.19. The van der Waals surface area contributed by atoms with Gasteiger partial charge in [-0.3, -0.25) is 5.21 Å². The number of nitrogens with zero attached hydrogens (tertiary/aromatic N) is 1. The largest absolute Gasteiger partial charge is 0.368 e. The van der Waals surface area contributed by atoms with Gasteiger partial charge in [0.2, 0.25) is 5.96 Å². The molecule has 0 spiro atoms. The Morgan fingerprint density at radius 1 is 1.89 bits per heavy atom. The molecule has 1 aliphatic rings. The van der Waals surface area contributed by atoms with E-state index in [-0.39, 0.29) is 5.96 Å². The first-order valence-electron chi connectivity index (χ1n) is 2.97. The number of nitrogens with one attached hydrogen (secondary N) is 1. The van der Waals surface area contributed by atoms with Crippen LogP contribution in [0.5, 0.6) is 0 Å². The van der Waals surface area contributed by atoms with Crippen molar-refractivity contribution in [2.45, 2.75) is 19.4 Å². The zero-order valence-electron chi connectivity index (χ0n) is 5.33. The summed E-state index contributed by atoms with van der Waals surface area (Å²) in [6.07, 6.45) is 1.09. The molecule has 0 aromatic rings. The quantitative estimate of drug-likeness (QED) is 0.258. The van der Waals surface area contributed by atoms with Crippen molar-refractivity contribution in [3.8, 4) is 0 Å². The van der Waals surface area contributed by atoms with Gasteiger partial charge in [0.05, 0.1) is 6.04 Å². The van der Waals surface area contributed by atoms with Crippen molar-refractivity contribution >= 4 is 5.96 Å². The van der Waals surface area contributed by atoms with Gasteiger partial charge in [0.1, 0.15) is 0 Å². The van der Waals surface area contributed by atoms with E-state index in [4.69, 9.17) is 10.9 Å². The van der Waals surface area contributed by atoms with E-state index in [1.807, 2.05) is 0 Å². The van der Waals surface area contributed by atoms with Crippen LogP contribution in [0.15, 0.2) is 4.99 Å². The third-order valence-electron chi connectivity index (χ3n) is 1.49. The van der Waals surface area contributed by atoms with Gasteiger partial charge in [0.15, 0.2) is 0 Å². The van der Waals surface area contributed by atoms with Crippen LogP contribution in [-0.2, 0) is 0 Å². The molecule has 2 atom stereocenters. The van der Waals surface area contributed by atoms with E-state index in [0.717, 1.165) is 6.42 Å². The van der Waals surface area contributed by atoms with Gasteiger partial charge in [-0.05, 0) is 12.3 Å². The Bertz CT molecular complexity index is 134. The molecule has 0 heterocycles. The molecule has 1 rings (SSSR count). The van der Waals surface area contributed by atoms with Gasteiger partial charge in [0.25, 0.3) is 0 Å². The van der Waals surface area contributed by atoms with Crippen molar-refractivity contribution in [2.24, 2.45) is 16.6 Å². The highest BCUT2D eigenvalue weighted by atomic mass is 16.5. The molecular formula is C5H11N3O. The Labute approximate surface area is 53.7 Å². The molecule has 4 N–H and O–H groups in total. The van der Waals surface area contributed by atoms with Crippen LogP contribution in [-0.4, -0.2) is 17.2 Å². The highest BCUT2D eigenvalue weighted by Gasteiger charge is 2.32. The molecule has 1 fully saturated rings. The zero-order valence-corrected chi connectivity index (χ0v) is 5.33. The summed E-state index contributed by atoms with van der Waals surface area (Å²) in [5.41, 5.74) is 6.95. The molecule has 9 heavy (non-hydrogen) atoms. The minimum atomic E-state index is 0.115. The molecule has 0 amide bonds. The summed E-state index contributed by atoms with van der Waals surface area (Å²) in [4.78, 5) is 3.92. The van der Waals surface area contributed by atoms with Crippen LogP contribution in [0, 0.1) is 5.92 Å². The molecule has 0 radical (unpaired) electrons. The molecule has 0 aromatic carbocycles. The van der Waals surface area contributed by atoms with E-state index in [1.165, 1.54) is 0 Å². The Hall–Kier alpha value is -0.770. The number of hydrogen-bond acceptors (Lipinski definition) is 2. The van der Waals surface area contributed by atoms with E-state index >= 15 is 0 Å². The zero-order chi connectivity index (χ0) is 6.85. The second-order valence-corrected chi connectivity index (χ2v) is 2.41. The van der Waals surface area contributed by atoms with Crippen molar-refractivity contribution in [3.63, 3.8) is 0 Å². The molecule has 1 saturated carbocycles. The normalized spacial score (nSPS) is 34.2. The number of rotatable bonds is 1. The summed E-state index contributed by atoms with van der Waals surface area (Å²) in [6, 6.07) is 0.338. The average molecular weight is 129 g/mol. The number of hydroxylamine groups is 1. The van der Waals surface area contributed by atoms with Gasteiger partial charge in [-0.1, -0.05) is 6.92 Å². The summed E-state index contributed by atoms with van der Waals surface area (Å²) in [5.74, 6) is 0.751. The van der Waals surface area contributed by atoms with Gasteiger partial charge >= 0.3 is 0 Å². The molecule has 0 aromatic heterocycles. The number of guanidine groups is 1. The molecular weight excluding hydrogens is 118 g/mol. The Kier molecular flexibility index (Phi) is 1.57. The van der Waals surface area contributed by atoms with Gasteiger partial charge < -0.3 is 5.73 Å².